The van der Waals surface area contributed by atoms with E-state index < -0.39 is 16.9 Å². The van der Waals surface area contributed by atoms with Crippen molar-refractivity contribution in [2.45, 2.75) is 13.1 Å². The summed E-state index contributed by atoms with van der Waals surface area (Å²) in [5.74, 6) is 0. The first kappa shape index (κ1) is 14.6. The van der Waals surface area contributed by atoms with Crippen LogP contribution in [0.2, 0.25) is 0 Å². The van der Waals surface area contributed by atoms with Crippen molar-refractivity contribution >= 4 is 23.0 Å². The fourth-order valence-corrected chi connectivity index (χ4v) is 1.76. The Kier molecular flexibility index (Phi) is 4.40. The van der Waals surface area contributed by atoms with Gasteiger partial charge in [0.25, 0.3) is 0 Å². The van der Waals surface area contributed by atoms with E-state index >= 15 is 0 Å². The zero-order valence-electron chi connectivity index (χ0n) is 9.85. The summed E-state index contributed by atoms with van der Waals surface area (Å²) in [6.07, 6.45) is -4.63. The van der Waals surface area contributed by atoms with E-state index in [4.69, 9.17) is 17.3 Å². The number of hydrogen-bond acceptors (Lipinski definition) is 2. The standard InChI is InChI=1S/C12H12ClF3N2/c1-7-5-3-4-6-8(7)10(17)9(13)11(18-2)12(14,15)16/h3-6H,17H2,1-2H3. The average Bonchev–Trinajstić information content (AvgIpc) is 2.27. The number of rotatable bonds is 2. The summed E-state index contributed by atoms with van der Waals surface area (Å²) in [5, 5.41) is -0.584. The Hall–Kier alpha value is -1.49. The van der Waals surface area contributed by atoms with Gasteiger partial charge in [-0.15, -0.1) is 0 Å². The zero-order valence-corrected chi connectivity index (χ0v) is 10.6. The fourth-order valence-electron chi connectivity index (χ4n) is 1.47. The third-order valence-electron chi connectivity index (χ3n) is 2.37. The smallest absolute Gasteiger partial charge is 0.397 e. The molecule has 98 valence electrons. The van der Waals surface area contributed by atoms with E-state index in [9.17, 15) is 13.2 Å². The number of aliphatic imine (C=N–C) groups is 1. The van der Waals surface area contributed by atoms with Crippen molar-refractivity contribution in [3.63, 3.8) is 0 Å². The van der Waals surface area contributed by atoms with Crippen LogP contribution in [0.4, 0.5) is 13.2 Å². The third-order valence-corrected chi connectivity index (χ3v) is 2.75. The molecule has 1 aromatic carbocycles. The van der Waals surface area contributed by atoms with E-state index in [2.05, 4.69) is 4.99 Å². The zero-order chi connectivity index (χ0) is 13.9. The van der Waals surface area contributed by atoms with Crippen molar-refractivity contribution < 1.29 is 13.2 Å². The van der Waals surface area contributed by atoms with Gasteiger partial charge in [-0.25, -0.2) is 0 Å². The first-order chi connectivity index (χ1) is 8.29. The van der Waals surface area contributed by atoms with Gasteiger partial charge in [-0.3, -0.25) is 4.99 Å². The number of nitrogens with zero attached hydrogens (tertiary/aromatic N) is 1. The van der Waals surface area contributed by atoms with E-state index in [0.29, 0.717) is 5.56 Å². The second-order valence-corrected chi connectivity index (χ2v) is 3.99. The van der Waals surface area contributed by atoms with Crippen molar-refractivity contribution in [1.82, 2.24) is 0 Å². The summed E-state index contributed by atoms with van der Waals surface area (Å²) in [4.78, 5) is 3.16. The summed E-state index contributed by atoms with van der Waals surface area (Å²) in [6, 6.07) is 6.79. The van der Waals surface area contributed by atoms with Crippen LogP contribution in [0.25, 0.3) is 5.70 Å². The Labute approximate surface area is 108 Å². The van der Waals surface area contributed by atoms with E-state index in [1.54, 1.807) is 31.2 Å². The van der Waals surface area contributed by atoms with E-state index in [-0.39, 0.29) is 5.70 Å². The van der Waals surface area contributed by atoms with Crippen LogP contribution in [0.5, 0.6) is 0 Å². The lowest BCUT2D eigenvalue weighted by Crippen LogP contribution is -2.25. The van der Waals surface area contributed by atoms with Gasteiger partial charge in [0.1, 0.15) is 0 Å². The van der Waals surface area contributed by atoms with Gasteiger partial charge in [0.15, 0.2) is 5.71 Å². The summed E-state index contributed by atoms with van der Waals surface area (Å²) in [5.41, 5.74) is 5.58. The van der Waals surface area contributed by atoms with Crippen LogP contribution in [0, 0.1) is 6.92 Å². The molecule has 1 rings (SSSR count). The van der Waals surface area contributed by atoms with Crippen molar-refractivity contribution in [1.29, 1.82) is 0 Å². The molecule has 0 atom stereocenters. The Balaban J connectivity index is 3.34. The van der Waals surface area contributed by atoms with Crippen LogP contribution in [0.3, 0.4) is 0 Å². The Morgan fingerprint density at radius 2 is 1.83 bits per heavy atom. The average molecular weight is 277 g/mol. The molecule has 1 aromatic rings. The lowest BCUT2D eigenvalue weighted by molar-refractivity contribution is -0.0579. The molecule has 0 aromatic heterocycles. The molecule has 6 heteroatoms. The van der Waals surface area contributed by atoms with E-state index in [1.807, 2.05) is 0 Å². The minimum atomic E-state index is -4.63. The Bertz CT molecular complexity index is 504. The predicted molar refractivity (Wildman–Crippen MR) is 67.6 cm³/mol. The second kappa shape index (κ2) is 5.44. The predicted octanol–water partition coefficient (Wildman–Crippen LogP) is 3.49. The molecule has 0 saturated heterocycles. The highest BCUT2D eigenvalue weighted by Crippen LogP contribution is 2.28. The van der Waals surface area contributed by atoms with Crippen LogP contribution in [-0.4, -0.2) is 18.9 Å². The minimum absolute atomic E-state index is 0.132. The highest BCUT2D eigenvalue weighted by atomic mass is 35.5. The normalized spacial score (nSPS) is 14.4. The molecule has 2 N–H and O–H groups in total. The van der Waals surface area contributed by atoms with E-state index in [0.717, 1.165) is 12.6 Å². The molecule has 18 heavy (non-hydrogen) atoms. The molecule has 0 aliphatic heterocycles. The van der Waals surface area contributed by atoms with Gasteiger partial charge in [-0.05, 0) is 12.5 Å². The van der Waals surface area contributed by atoms with Crippen molar-refractivity contribution in [3.05, 3.63) is 40.4 Å². The monoisotopic (exact) mass is 276 g/mol. The van der Waals surface area contributed by atoms with Gasteiger partial charge >= 0.3 is 6.18 Å². The molecular weight excluding hydrogens is 265 g/mol. The molecule has 0 aliphatic carbocycles. The molecule has 2 nitrogen and oxygen atoms in total. The largest absolute Gasteiger partial charge is 0.434 e. The lowest BCUT2D eigenvalue weighted by atomic mass is 10.0. The van der Waals surface area contributed by atoms with Gasteiger partial charge in [-0.2, -0.15) is 13.2 Å². The summed E-state index contributed by atoms with van der Waals surface area (Å²) >= 11 is 5.69. The maximum Gasteiger partial charge on any atom is 0.434 e. The molecule has 0 heterocycles. The van der Waals surface area contributed by atoms with Gasteiger partial charge in [-0.1, -0.05) is 35.9 Å². The summed E-state index contributed by atoms with van der Waals surface area (Å²) in [6.45, 7) is 1.74. The number of allylic oxidation sites excluding steroid dienone is 1. The molecule has 0 bridgehead atoms. The number of hydrogen-bond donors (Lipinski definition) is 1. The van der Waals surface area contributed by atoms with Crippen molar-refractivity contribution in [2.75, 3.05) is 7.05 Å². The van der Waals surface area contributed by atoms with Crippen molar-refractivity contribution in [3.8, 4) is 0 Å². The first-order valence-electron chi connectivity index (χ1n) is 5.04. The Morgan fingerprint density at radius 3 is 2.28 bits per heavy atom. The van der Waals surface area contributed by atoms with E-state index in [1.165, 1.54) is 0 Å². The topological polar surface area (TPSA) is 38.4 Å². The number of alkyl halides is 3. The molecule has 0 saturated carbocycles. The van der Waals surface area contributed by atoms with Crippen LogP contribution in [0.1, 0.15) is 11.1 Å². The molecule has 0 unspecified atom stereocenters. The third kappa shape index (κ3) is 3.04. The van der Waals surface area contributed by atoms with Gasteiger partial charge in [0.05, 0.1) is 10.7 Å². The molecule has 0 radical (unpaired) electrons. The molecular formula is C12H12ClF3N2. The molecule has 0 spiro atoms. The maximum atomic E-state index is 12.6. The first-order valence-corrected chi connectivity index (χ1v) is 5.42. The lowest BCUT2D eigenvalue weighted by Gasteiger charge is -2.13. The number of nitrogens with two attached hydrogens (primary N) is 1. The van der Waals surface area contributed by atoms with Crippen LogP contribution in [0.15, 0.2) is 34.3 Å². The van der Waals surface area contributed by atoms with Gasteiger partial charge in [0, 0.05) is 12.6 Å². The fraction of sp³-hybridized carbons (Fsp3) is 0.250. The molecule has 0 aliphatic rings. The quantitative estimate of drug-likeness (QED) is 0.825. The summed E-state index contributed by atoms with van der Waals surface area (Å²) in [7, 11) is 1.02. The molecule has 0 fully saturated rings. The van der Waals surface area contributed by atoms with Crippen LogP contribution < -0.4 is 5.73 Å². The van der Waals surface area contributed by atoms with Gasteiger partial charge < -0.3 is 5.73 Å². The number of halogens is 4. The maximum absolute atomic E-state index is 12.6. The minimum Gasteiger partial charge on any atom is -0.397 e. The number of aryl methyl sites for hydroxylation is 1. The van der Waals surface area contributed by atoms with Crippen LogP contribution in [-0.2, 0) is 0 Å². The van der Waals surface area contributed by atoms with Crippen molar-refractivity contribution in [2.24, 2.45) is 10.7 Å². The van der Waals surface area contributed by atoms with Gasteiger partial charge in [0.2, 0.25) is 0 Å². The van der Waals surface area contributed by atoms with Crippen LogP contribution >= 0.6 is 11.6 Å². The summed E-state index contributed by atoms with van der Waals surface area (Å²) < 4.78 is 37.9. The molecule has 0 amide bonds. The SMILES string of the molecule is CN=C(C(Cl)=C(N)c1ccccc1C)C(F)(F)F. The Morgan fingerprint density at radius 1 is 1.28 bits per heavy atom. The number of benzene rings is 1. The highest BCUT2D eigenvalue weighted by Gasteiger charge is 2.38. The second-order valence-electron chi connectivity index (χ2n) is 3.61. The highest BCUT2D eigenvalue weighted by molar-refractivity contribution is 6.47.